The van der Waals surface area contributed by atoms with Gasteiger partial charge in [-0.05, 0) is 62.6 Å². The number of nitriles is 1. The summed E-state index contributed by atoms with van der Waals surface area (Å²) in [6.45, 7) is 7.31. The molecule has 1 aliphatic heterocycles. The second-order valence-corrected chi connectivity index (χ2v) is 9.07. The molecule has 2 aromatic carbocycles. The molecule has 1 aromatic heterocycles. The van der Waals surface area contributed by atoms with Crippen LogP contribution in [0, 0.1) is 11.3 Å². The molecular formula is C31H32N4O4. The lowest BCUT2D eigenvalue weighted by Gasteiger charge is -2.27. The number of amides is 2. The van der Waals surface area contributed by atoms with Gasteiger partial charge in [-0.25, -0.2) is 4.68 Å². The molecule has 8 nitrogen and oxygen atoms in total. The summed E-state index contributed by atoms with van der Waals surface area (Å²) in [5.74, 6) is -0.286. The van der Waals surface area contributed by atoms with Crippen molar-refractivity contribution < 1.29 is 19.1 Å². The van der Waals surface area contributed by atoms with Gasteiger partial charge in [0.15, 0.2) is 0 Å². The number of carbonyl (C=O) groups is 2. The lowest BCUT2D eigenvalue weighted by Crippen LogP contribution is -2.43. The summed E-state index contributed by atoms with van der Waals surface area (Å²) in [6.07, 6.45) is 4.94. The molecule has 2 heterocycles. The predicted molar refractivity (Wildman–Crippen MR) is 149 cm³/mol. The van der Waals surface area contributed by atoms with Crippen LogP contribution in [0.4, 0.5) is 0 Å². The van der Waals surface area contributed by atoms with Gasteiger partial charge in [0.25, 0.3) is 11.8 Å². The highest BCUT2D eigenvalue weighted by Crippen LogP contribution is 2.32. The molecule has 2 amide bonds. The molecule has 0 saturated heterocycles. The number of hydrogen-bond donors (Lipinski definition) is 0. The zero-order valence-corrected chi connectivity index (χ0v) is 22.5. The Morgan fingerprint density at radius 1 is 1.03 bits per heavy atom. The van der Waals surface area contributed by atoms with Crippen LogP contribution in [0.15, 0.2) is 77.5 Å². The molecule has 0 saturated carbocycles. The van der Waals surface area contributed by atoms with Crippen molar-refractivity contribution in [1.82, 2.24) is 14.7 Å². The lowest BCUT2D eigenvalue weighted by molar-refractivity contribution is -0.140. The van der Waals surface area contributed by atoms with Crippen molar-refractivity contribution in [1.29, 1.82) is 5.26 Å². The molecule has 0 spiro atoms. The molecule has 39 heavy (non-hydrogen) atoms. The van der Waals surface area contributed by atoms with E-state index in [0.717, 1.165) is 28.3 Å². The van der Waals surface area contributed by atoms with Gasteiger partial charge in [0, 0.05) is 42.7 Å². The quantitative estimate of drug-likeness (QED) is 0.191. The van der Waals surface area contributed by atoms with E-state index in [2.05, 4.69) is 0 Å². The Kier molecular flexibility index (Phi) is 9.08. The van der Waals surface area contributed by atoms with Gasteiger partial charge in [-0.1, -0.05) is 37.3 Å². The third kappa shape index (κ3) is 6.16. The number of aromatic nitrogens is 2. The number of carbonyl (C=O) groups excluding carboxylic acids is 2. The molecule has 0 N–H and O–H groups in total. The first-order valence-corrected chi connectivity index (χ1v) is 13.1. The van der Waals surface area contributed by atoms with Gasteiger partial charge in [0.2, 0.25) is 0 Å². The molecule has 3 aromatic rings. The monoisotopic (exact) mass is 524 g/mol. The first-order valence-electron chi connectivity index (χ1n) is 13.1. The van der Waals surface area contributed by atoms with Gasteiger partial charge in [-0.15, -0.1) is 0 Å². The van der Waals surface area contributed by atoms with E-state index >= 15 is 0 Å². The van der Waals surface area contributed by atoms with E-state index in [1.54, 1.807) is 17.7 Å². The van der Waals surface area contributed by atoms with Crippen LogP contribution in [0.1, 0.15) is 39.2 Å². The minimum Gasteiger partial charge on any atom is -0.494 e. The van der Waals surface area contributed by atoms with E-state index in [0.29, 0.717) is 43.1 Å². The molecule has 1 aliphatic rings. The van der Waals surface area contributed by atoms with Crippen LogP contribution in [0.5, 0.6) is 5.75 Å². The first kappa shape index (κ1) is 27.6. The maximum Gasteiger partial charge on any atom is 0.271 e. The highest BCUT2D eigenvalue weighted by atomic mass is 16.5. The van der Waals surface area contributed by atoms with Gasteiger partial charge >= 0.3 is 0 Å². The number of imide groups is 1. The minimum absolute atomic E-state index is 0.0378. The number of hydrogen-bond acceptors (Lipinski definition) is 6. The van der Waals surface area contributed by atoms with E-state index in [9.17, 15) is 14.9 Å². The smallest absolute Gasteiger partial charge is 0.271 e. The minimum atomic E-state index is -0.574. The molecule has 8 heteroatoms. The van der Waals surface area contributed by atoms with Gasteiger partial charge in [-0.2, -0.15) is 10.4 Å². The van der Waals surface area contributed by atoms with E-state index < -0.39 is 11.8 Å². The van der Waals surface area contributed by atoms with Crippen molar-refractivity contribution in [2.24, 2.45) is 0 Å². The summed E-state index contributed by atoms with van der Waals surface area (Å²) in [6, 6.07) is 19.3. The second kappa shape index (κ2) is 12.9. The normalized spacial score (nSPS) is 14.7. The standard InChI is InChI=1S/C31H32N4O4/c1-4-16-39-26-14-9-11-23(18-26)29-24(21-35(33-29)25-12-7-6-8-13-25)19-27-22(3)28(20-32)31(37)34(30(27)36)15-10-17-38-5-2/h6-9,11-14,18-19,21H,4-5,10,15-17H2,1-3H3/b27-19+. The van der Waals surface area contributed by atoms with Gasteiger partial charge in [0.1, 0.15) is 23.1 Å². The van der Waals surface area contributed by atoms with Crippen LogP contribution in [0.3, 0.4) is 0 Å². The molecule has 0 atom stereocenters. The van der Waals surface area contributed by atoms with Crippen molar-refractivity contribution >= 4 is 17.9 Å². The second-order valence-electron chi connectivity index (χ2n) is 9.07. The lowest BCUT2D eigenvalue weighted by atomic mass is 9.93. The van der Waals surface area contributed by atoms with Crippen molar-refractivity contribution in [2.75, 3.05) is 26.4 Å². The van der Waals surface area contributed by atoms with Crippen molar-refractivity contribution in [3.8, 4) is 28.8 Å². The van der Waals surface area contributed by atoms with Crippen LogP contribution in [-0.4, -0.2) is 52.9 Å². The van der Waals surface area contributed by atoms with Crippen LogP contribution >= 0.6 is 0 Å². The summed E-state index contributed by atoms with van der Waals surface area (Å²) in [4.78, 5) is 27.7. The third-order valence-electron chi connectivity index (χ3n) is 6.34. The molecule has 0 unspecified atom stereocenters. The largest absolute Gasteiger partial charge is 0.494 e. The average Bonchev–Trinajstić information content (AvgIpc) is 3.39. The van der Waals surface area contributed by atoms with Crippen molar-refractivity contribution in [2.45, 2.75) is 33.6 Å². The van der Waals surface area contributed by atoms with Crippen LogP contribution in [0.25, 0.3) is 23.0 Å². The van der Waals surface area contributed by atoms with E-state index in [1.165, 1.54) is 0 Å². The fourth-order valence-electron chi connectivity index (χ4n) is 4.34. The van der Waals surface area contributed by atoms with E-state index in [4.69, 9.17) is 14.6 Å². The Bertz CT molecular complexity index is 1450. The Hall–Kier alpha value is -4.48. The van der Waals surface area contributed by atoms with Crippen molar-refractivity contribution in [3.63, 3.8) is 0 Å². The van der Waals surface area contributed by atoms with Gasteiger partial charge < -0.3 is 9.47 Å². The number of para-hydroxylation sites is 1. The summed E-state index contributed by atoms with van der Waals surface area (Å²) < 4.78 is 13.0. The molecule has 200 valence electrons. The zero-order valence-electron chi connectivity index (χ0n) is 22.5. The van der Waals surface area contributed by atoms with E-state index in [-0.39, 0.29) is 17.7 Å². The number of ether oxygens (including phenoxy) is 2. The predicted octanol–water partition coefficient (Wildman–Crippen LogP) is 5.35. The Labute approximate surface area is 228 Å². The number of nitrogens with zero attached hydrogens (tertiary/aromatic N) is 4. The van der Waals surface area contributed by atoms with Gasteiger partial charge in [-0.3, -0.25) is 14.5 Å². The fourth-order valence-corrected chi connectivity index (χ4v) is 4.34. The topological polar surface area (TPSA) is 97.4 Å². The maximum atomic E-state index is 13.6. The van der Waals surface area contributed by atoms with Crippen molar-refractivity contribution in [3.05, 3.63) is 83.1 Å². The highest BCUT2D eigenvalue weighted by Gasteiger charge is 2.35. The molecule has 4 rings (SSSR count). The zero-order chi connectivity index (χ0) is 27.8. The molecule has 0 fully saturated rings. The van der Waals surface area contributed by atoms with Crippen LogP contribution < -0.4 is 4.74 Å². The maximum absolute atomic E-state index is 13.6. The molecular weight excluding hydrogens is 492 g/mol. The van der Waals surface area contributed by atoms with Crippen LogP contribution in [-0.2, 0) is 14.3 Å². The summed E-state index contributed by atoms with van der Waals surface area (Å²) in [5, 5.41) is 14.6. The summed E-state index contributed by atoms with van der Waals surface area (Å²) in [7, 11) is 0. The van der Waals surface area contributed by atoms with E-state index in [1.807, 2.05) is 80.7 Å². The third-order valence-corrected chi connectivity index (χ3v) is 6.34. The molecule has 0 radical (unpaired) electrons. The summed E-state index contributed by atoms with van der Waals surface area (Å²) in [5.41, 5.74) is 3.60. The highest BCUT2D eigenvalue weighted by molar-refractivity contribution is 6.19. The SMILES string of the molecule is CCCOc1cccc(-c2nn(-c3ccccc3)cc2/C=C2/C(=O)N(CCCOCC)C(=O)C(C#N)=C2C)c1. The number of benzene rings is 2. The first-order chi connectivity index (χ1) is 19.0. The molecule has 0 bridgehead atoms. The average molecular weight is 525 g/mol. The molecule has 0 aliphatic carbocycles. The summed E-state index contributed by atoms with van der Waals surface area (Å²) >= 11 is 0. The Morgan fingerprint density at radius 2 is 1.82 bits per heavy atom. The Balaban J connectivity index is 1.82. The van der Waals surface area contributed by atoms with Crippen LogP contribution in [0.2, 0.25) is 0 Å². The Morgan fingerprint density at radius 3 is 2.54 bits per heavy atom. The fraction of sp³-hybridized carbons (Fsp3) is 0.290. The number of rotatable bonds is 11. The van der Waals surface area contributed by atoms with Gasteiger partial charge in [0.05, 0.1) is 12.3 Å².